The molecular weight excluding hydrogens is 330 g/mol. The van der Waals surface area contributed by atoms with Crippen molar-refractivity contribution in [2.45, 2.75) is 25.4 Å². The van der Waals surface area contributed by atoms with Gasteiger partial charge in [0, 0.05) is 24.7 Å². The van der Waals surface area contributed by atoms with Crippen LogP contribution in [-0.2, 0) is 16.1 Å². The second-order valence-electron chi connectivity index (χ2n) is 6.24. The molecule has 1 saturated heterocycles. The van der Waals surface area contributed by atoms with E-state index >= 15 is 0 Å². The second kappa shape index (κ2) is 8.99. The maximum absolute atomic E-state index is 12.4. The van der Waals surface area contributed by atoms with Gasteiger partial charge in [0.05, 0.1) is 19.0 Å². The zero-order chi connectivity index (χ0) is 18.2. The molecule has 3 rings (SSSR count). The first kappa shape index (κ1) is 17.9. The number of carbonyl (C=O) groups is 1. The third kappa shape index (κ3) is 4.81. The molecule has 1 aromatic carbocycles. The molecule has 1 aromatic heterocycles. The Morgan fingerprint density at radius 2 is 2.15 bits per heavy atom. The highest BCUT2D eigenvalue weighted by molar-refractivity contribution is 5.68. The number of benzene rings is 1. The summed E-state index contributed by atoms with van der Waals surface area (Å²) in [5.41, 5.74) is 2.70. The van der Waals surface area contributed by atoms with Gasteiger partial charge < -0.3 is 14.4 Å². The number of hydrogen-bond donors (Lipinski definition) is 0. The molecule has 26 heavy (non-hydrogen) atoms. The van der Waals surface area contributed by atoms with Gasteiger partial charge in [-0.25, -0.2) is 9.79 Å². The van der Waals surface area contributed by atoms with E-state index < -0.39 is 0 Å². The molecular formula is C20H23N3O3. The first-order valence-electron chi connectivity index (χ1n) is 8.73. The predicted molar refractivity (Wildman–Crippen MR) is 99.6 cm³/mol. The first-order chi connectivity index (χ1) is 12.8. The van der Waals surface area contributed by atoms with E-state index in [1.807, 2.05) is 42.5 Å². The number of rotatable bonds is 5. The lowest BCUT2D eigenvalue weighted by Crippen LogP contribution is -2.39. The van der Waals surface area contributed by atoms with E-state index in [4.69, 9.17) is 9.47 Å². The summed E-state index contributed by atoms with van der Waals surface area (Å²) in [4.78, 5) is 22.8. The van der Waals surface area contributed by atoms with Crippen LogP contribution in [0.5, 0.6) is 0 Å². The van der Waals surface area contributed by atoms with Gasteiger partial charge in [-0.1, -0.05) is 30.3 Å². The van der Waals surface area contributed by atoms with Crippen molar-refractivity contribution in [2.75, 3.05) is 20.2 Å². The number of methoxy groups -OCH3 is 1. The van der Waals surface area contributed by atoms with E-state index in [1.165, 1.54) is 6.40 Å². The summed E-state index contributed by atoms with van der Waals surface area (Å²) in [7, 11) is 1.55. The zero-order valence-corrected chi connectivity index (χ0v) is 14.9. The molecule has 1 fully saturated rings. The molecule has 2 aromatic rings. The van der Waals surface area contributed by atoms with Crippen LogP contribution in [0.15, 0.2) is 53.7 Å². The normalized spacial score (nSPS) is 17.3. The molecule has 2 heterocycles. The van der Waals surface area contributed by atoms with Crippen molar-refractivity contribution in [3.8, 4) is 0 Å². The van der Waals surface area contributed by atoms with Crippen LogP contribution in [0.4, 0.5) is 10.5 Å². The Kier molecular flexibility index (Phi) is 6.19. The molecule has 0 saturated carbocycles. The molecule has 1 unspecified atom stereocenters. The molecule has 136 valence electrons. The van der Waals surface area contributed by atoms with Gasteiger partial charge in [-0.05, 0) is 30.5 Å². The number of pyridine rings is 1. The Labute approximate surface area is 153 Å². The summed E-state index contributed by atoms with van der Waals surface area (Å²) in [5, 5.41) is 0. The number of aromatic nitrogens is 1. The molecule has 1 atom stereocenters. The monoisotopic (exact) mass is 353 g/mol. The largest absolute Gasteiger partial charge is 0.486 e. The smallest absolute Gasteiger partial charge is 0.410 e. The van der Waals surface area contributed by atoms with Crippen LogP contribution in [0, 0.1) is 0 Å². The van der Waals surface area contributed by atoms with Gasteiger partial charge in [0.1, 0.15) is 6.61 Å². The number of hydrogen-bond acceptors (Lipinski definition) is 5. The minimum Gasteiger partial charge on any atom is -0.486 e. The van der Waals surface area contributed by atoms with E-state index in [-0.39, 0.29) is 12.0 Å². The Balaban J connectivity index is 1.56. The standard InChI is InChI=1S/C20H23N3O3/c1-25-15-22-18-9-10-19(21-12-18)17-8-5-11-23(13-17)20(24)26-14-16-6-3-2-4-7-16/h2-4,6-7,9-10,12,15,17H,5,8,11,13-14H2,1H3. The van der Waals surface area contributed by atoms with E-state index in [2.05, 4.69) is 9.98 Å². The third-order valence-corrected chi connectivity index (χ3v) is 4.38. The Morgan fingerprint density at radius 3 is 2.88 bits per heavy atom. The first-order valence-corrected chi connectivity index (χ1v) is 8.73. The van der Waals surface area contributed by atoms with Crippen LogP contribution < -0.4 is 0 Å². The van der Waals surface area contributed by atoms with Gasteiger partial charge >= 0.3 is 6.09 Å². The van der Waals surface area contributed by atoms with Crippen LogP contribution >= 0.6 is 0 Å². The molecule has 0 aliphatic carbocycles. The van der Waals surface area contributed by atoms with Crippen molar-refractivity contribution in [3.05, 3.63) is 59.9 Å². The van der Waals surface area contributed by atoms with Crippen molar-refractivity contribution in [2.24, 2.45) is 4.99 Å². The molecule has 6 nitrogen and oxygen atoms in total. The van der Waals surface area contributed by atoms with Gasteiger partial charge in [-0.3, -0.25) is 4.98 Å². The number of nitrogens with zero attached hydrogens (tertiary/aromatic N) is 3. The molecule has 0 radical (unpaired) electrons. The van der Waals surface area contributed by atoms with E-state index in [0.29, 0.717) is 13.2 Å². The fraction of sp³-hybridized carbons (Fsp3) is 0.350. The minimum atomic E-state index is -0.264. The van der Waals surface area contributed by atoms with Crippen molar-refractivity contribution >= 4 is 18.2 Å². The molecule has 1 amide bonds. The lowest BCUT2D eigenvalue weighted by Gasteiger charge is -2.31. The summed E-state index contributed by atoms with van der Waals surface area (Å²) >= 11 is 0. The SMILES string of the molecule is COC=Nc1ccc(C2CCCN(C(=O)OCc3ccccc3)C2)nc1. The average molecular weight is 353 g/mol. The Hall–Kier alpha value is -2.89. The highest BCUT2D eigenvalue weighted by Gasteiger charge is 2.26. The second-order valence-corrected chi connectivity index (χ2v) is 6.24. The van der Waals surface area contributed by atoms with Crippen LogP contribution in [0.2, 0.25) is 0 Å². The predicted octanol–water partition coefficient (Wildman–Crippen LogP) is 3.90. The number of piperidine rings is 1. The van der Waals surface area contributed by atoms with Crippen LogP contribution in [-0.4, -0.2) is 42.6 Å². The lowest BCUT2D eigenvalue weighted by molar-refractivity contribution is 0.0856. The van der Waals surface area contributed by atoms with E-state index in [1.54, 1.807) is 18.2 Å². The summed E-state index contributed by atoms with van der Waals surface area (Å²) in [6.45, 7) is 1.65. The molecule has 0 bridgehead atoms. The molecule has 0 spiro atoms. The van der Waals surface area contributed by atoms with E-state index in [9.17, 15) is 4.79 Å². The van der Waals surface area contributed by atoms with Crippen molar-refractivity contribution in [1.82, 2.24) is 9.88 Å². The number of carbonyl (C=O) groups excluding carboxylic acids is 1. The molecule has 1 aliphatic heterocycles. The Morgan fingerprint density at radius 1 is 1.31 bits per heavy atom. The number of ether oxygens (including phenoxy) is 2. The van der Waals surface area contributed by atoms with Crippen LogP contribution in [0.1, 0.15) is 30.0 Å². The topological polar surface area (TPSA) is 64.0 Å². The van der Waals surface area contributed by atoms with Crippen LogP contribution in [0.3, 0.4) is 0 Å². The number of amides is 1. The highest BCUT2D eigenvalue weighted by Crippen LogP contribution is 2.27. The summed E-state index contributed by atoms with van der Waals surface area (Å²) < 4.78 is 10.3. The van der Waals surface area contributed by atoms with E-state index in [0.717, 1.165) is 36.3 Å². The van der Waals surface area contributed by atoms with Gasteiger partial charge in [-0.15, -0.1) is 0 Å². The van der Waals surface area contributed by atoms with Crippen molar-refractivity contribution < 1.29 is 14.3 Å². The zero-order valence-electron chi connectivity index (χ0n) is 14.9. The Bertz CT molecular complexity index is 732. The van der Waals surface area contributed by atoms with Gasteiger partial charge in [0.15, 0.2) is 6.40 Å². The van der Waals surface area contributed by atoms with Gasteiger partial charge in [0.2, 0.25) is 0 Å². The average Bonchev–Trinajstić information content (AvgIpc) is 2.71. The summed E-state index contributed by atoms with van der Waals surface area (Å²) in [6, 6.07) is 13.6. The molecule has 0 N–H and O–H groups in total. The third-order valence-electron chi connectivity index (χ3n) is 4.38. The van der Waals surface area contributed by atoms with Crippen LogP contribution in [0.25, 0.3) is 0 Å². The fourth-order valence-electron chi connectivity index (χ4n) is 3.02. The van der Waals surface area contributed by atoms with Crippen molar-refractivity contribution in [1.29, 1.82) is 0 Å². The maximum atomic E-state index is 12.4. The fourth-order valence-corrected chi connectivity index (χ4v) is 3.02. The van der Waals surface area contributed by atoms with Gasteiger partial charge in [0.25, 0.3) is 0 Å². The minimum absolute atomic E-state index is 0.216. The molecule has 1 aliphatic rings. The lowest BCUT2D eigenvalue weighted by atomic mass is 9.94. The number of likely N-dealkylation sites (tertiary alicyclic amines) is 1. The summed E-state index contributed by atoms with van der Waals surface area (Å²) in [6.07, 6.45) is 4.78. The number of aliphatic imine (C=N–C) groups is 1. The molecule has 6 heteroatoms. The quantitative estimate of drug-likeness (QED) is 0.604. The highest BCUT2D eigenvalue weighted by atomic mass is 16.6. The van der Waals surface area contributed by atoms with Gasteiger partial charge in [-0.2, -0.15) is 0 Å². The summed E-state index contributed by atoms with van der Waals surface area (Å²) in [5.74, 6) is 0.216. The van der Waals surface area contributed by atoms with Crippen molar-refractivity contribution in [3.63, 3.8) is 0 Å². The maximum Gasteiger partial charge on any atom is 0.410 e.